The van der Waals surface area contributed by atoms with Crippen LogP contribution in [0, 0.1) is 34.6 Å². The summed E-state index contributed by atoms with van der Waals surface area (Å²) >= 11 is 1.79. The number of hydrogen-bond donors (Lipinski definition) is 2. The second kappa shape index (κ2) is 9.01. The number of anilines is 1. The molecule has 0 aliphatic carbocycles. The Bertz CT molecular complexity index is 843. The second-order valence-electron chi connectivity index (χ2n) is 7.56. The lowest BCUT2D eigenvalue weighted by molar-refractivity contribution is 0.204. The number of hydrogen-bond acceptors (Lipinski definition) is 3. The van der Waals surface area contributed by atoms with E-state index in [1.54, 1.807) is 11.8 Å². The zero-order valence-electron chi connectivity index (χ0n) is 17.6. The van der Waals surface area contributed by atoms with Crippen LogP contribution >= 0.6 is 11.8 Å². The van der Waals surface area contributed by atoms with E-state index in [4.69, 9.17) is 0 Å². The molecule has 1 fully saturated rings. The van der Waals surface area contributed by atoms with Gasteiger partial charge in [0.1, 0.15) is 0 Å². The molecule has 0 unspecified atom stereocenters. The third-order valence-corrected chi connectivity index (χ3v) is 7.16. The Morgan fingerprint density at radius 3 is 2.18 bits per heavy atom. The Morgan fingerprint density at radius 1 is 0.964 bits per heavy atom. The van der Waals surface area contributed by atoms with Crippen molar-refractivity contribution in [2.75, 3.05) is 31.5 Å². The molecule has 2 N–H and O–H groups in total. The topological polar surface area (TPSA) is 44.4 Å². The van der Waals surface area contributed by atoms with Gasteiger partial charge in [-0.1, -0.05) is 12.1 Å². The van der Waals surface area contributed by atoms with E-state index in [1.165, 1.54) is 33.4 Å². The van der Waals surface area contributed by atoms with Crippen molar-refractivity contribution in [3.8, 4) is 0 Å². The first kappa shape index (κ1) is 20.7. The van der Waals surface area contributed by atoms with Gasteiger partial charge in [-0.2, -0.15) is 0 Å². The van der Waals surface area contributed by atoms with E-state index in [0.29, 0.717) is 0 Å². The Morgan fingerprint density at radius 2 is 1.54 bits per heavy atom. The van der Waals surface area contributed by atoms with Gasteiger partial charge in [0, 0.05) is 36.8 Å². The van der Waals surface area contributed by atoms with Crippen LogP contribution in [0.15, 0.2) is 29.2 Å². The monoisotopic (exact) mass is 397 g/mol. The molecule has 0 radical (unpaired) electrons. The van der Waals surface area contributed by atoms with Crippen LogP contribution in [0.1, 0.15) is 33.4 Å². The molecule has 28 heavy (non-hydrogen) atoms. The molecule has 0 aromatic heterocycles. The fourth-order valence-electron chi connectivity index (χ4n) is 3.70. The number of urea groups is 1. The van der Waals surface area contributed by atoms with Gasteiger partial charge in [-0.3, -0.25) is 0 Å². The van der Waals surface area contributed by atoms with E-state index < -0.39 is 0 Å². The maximum Gasteiger partial charge on any atom is 0.321 e. The summed E-state index contributed by atoms with van der Waals surface area (Å²) in [6, 6.07) is 8.09. The zero-order chi connectivity index (χ0) is 20.3. The second-order valence-corrected chi connectivity index (χ2v) is 8.57. The normalized spacial score (nSPS) is 14.2. The van der Waals surface area contributed by atoms with Crippen LogP contribution < -0.4 is 10.6 Å². The quantitative estimate of drug-likeness (QED) is 0.717. The Kier molecular flexibility index (Phi) is 6.68. The smallest absolute Gasteiger partial charge is 0.321 e. The standard InChI is InChI=1S/C23H31N3OS/c1-15-16(2)18(4)20(19(5)17(15)3)14-28-22-9-7-6-8-21(22)25-23(27)26-12-10-24-11-13-26/h6-9,24H,10-14H2,1-5H3,(H,25,27). The van der Waals surface area contributed by atoms with E-state index in [-0.39, 0.29) is 6.03 Å². The highest BCUT2D eigenvalue weighted by molar-refractivity contribution is 7.98. The van der Waals surface area contributed by atoms with Gasteiger partial charge in [0.25, 0.3) is 0 Å². The van der Waals surface area contributed by atoms with Crippen LogP contribution in [-0.4, -0.2) is 37.1 Å². The molecule has 0 bridgehead atoms. The number of nitrogens with zero attached hydrogens (tertiary/aromatic N) is 1. The molecule has 1 aliphatic heterocycles. The number of carbonyl (C=O) groups is 1. The first-order valence-electron chi connectivity index (χ1n) is 9.94. The number of nitrogens with one attached hydrogen (secondary N) is 2. The summed E-state index contributed by atoms with van der Waals surface area (Å²) in [7, 11) is 0. The molecule has 3 rings (SSSR count). The molecular formula is C23H31N3OS. The summed E-state index contributed by atoms with van der Waals surface area (Å²) < 4.78 is 0. The average molecular weight is 398 g/mol. The predicted octanol–water partition coefficient (Wildman–Crippen LogP) is 4.96. The van der Waals surface area contributed by atoms with Crippen LogP contribution in [0.25, 0.3) is 0 Å². The van der Waals surface area contributed by atoms with Crippen molar-refractivity contribution in [2.45, 2.75) is 45.3 Å². The zero-order valence-corrected chi connectivity index (χ0v) is 18.4. The number of thioether (sulfide) groups is 1. The summed E-state index contributed by atoms with van der Waals surface area (Å²) in [5.41, 5.74) is 9.25. The molecule has 150 valence electrons. The maximum absolute atomic E-state index is 12.6. The van der Waals surface area contributed by atoms with Crippen LogP contribution in [-0.2, 0) is 5.75 Å². The van der Waals surface area contributed by atoms with E-state index in [0.717, 1.165) is 42.5 Å². The van der Waals surface area contributed by atoms with Crippen molar-refractivity contribution in [2.24, 2.45) is 0 Å². The summed E-state index contributed by atoms with van der Waals surface area (Å²) in [6.07, 6.45) is 0. The minimum absolute atomic E-state index is 0.0102. The minimum Gasteiger partial charge on any atom is -0.322 e. The van der Waals surface area contributed by atoms with Crippen LogP contribution in [0.3, 0.4) is 0 Å². The van der Waals surface area contributed by atoms with Crippen molar-refractivity contribution in [1.82, 2.24) is 10.2 Å². The molecule has 2 aromatic rings. The molecule has 0 atom stereocenters. The SMILES string of the molecule is Cc1c(C)c(C)c(CSc2ccccc2NC(=O)N2CCNCC2)c(C)c1C. The van der Waals surface area contributed by atoms with Gasteiger partial charge in [0.2, 0.25) is 0 Å². The maximum atomic E-state index is 12.6. The van der Waals surface area contributed by atoms with Gasteiger partial charge >= 0.3 is 6.03 Å². The van der Waals surface area contributed by atoms with Gasteiger partial charge in [0.15, 0.2) is 0 Å². The molecule has 1 saturated heterocycles. The Balaban J connectivity index is 1.77. The van der Waals surface area contributed by atoms with Crippen molar-refractivity contribution >= 4 is 23.5 Å². The summed E-state index contributed by atoms with van der Waals surface area (Å²) in [6.45, 7) is 14.3. The Hall–Kier alpha value is -1.98. The molecule has 2 amide bonds. The lowest BCUT2D eigenvalue weighted by atomic mass is 9.90. The van der Waals surface area contributed by atoms with Gasteiger partial charge in [0.05, 0.1) is 5.69 Å². The van der Waals surface area contributed by atoms with E-state index in [1.807, 2.05) is 23.1 Å². The molecule has 5 heteroatoms. The highest BCUT2D eigenvalue weighted by Gasteiger charge is 2.18. The third-order valence-electron chi connectivity index (χ3n) is 6.06. The lowest BCUT2D eigenvalue weighted by Crippen LogP contribution is -2.48. The molecule has 4 nitrogen and oxygen atoms in total. The highest BCUT2D eigenvalue weighted by atomic mass is 32.2. The number of amides is 2. The van der Waals surface area contributed by atoms with Gasteiger partial charge in [-0.05, 0) is 80.1 Å². The first-order chi connectivity index (χ1) is 13.4. The number of carbonyl (C=O) groups excluding carboxylic acids is 1. The van der Waals surface area contributed by atoms with Crippen molar-refractivity contribution in [3.05, 3.63) is 57.6 Å². The van der Waals surface area contributed by atoms with Crippen molar-refractivity contribution < 1.29 is 4.79 Å². The average Bonchev–Trinajstić information content (AvgIpc) is 2.72. The number of benzene rings is 2. The fraction of sp³-hybridized carbons (Fsp3) is 0.435. The largest absolute Gasteiger partial charge is 0.322 e. The molecule has 2 aromatic carbocycles. The first-order valence-corrected chi connectivity index (χ1v) is 10.9. The van der Waals surface area contributed by atoms with E-state index in [2.05, 4.69) is 51.3 Å². The fourth-order valence-corrected chi connectivity index (χ4v) is 4.88. The van der Waals surface area contributed by atoms with E-state index in [9.17, 15) is 4.79 Å². The van der Waals surface area contributed by atoms with Crippen LogP contribution in [0.5, 0.6) is 0 Å². The summed E-state index contributed by atoms with van der Waals surface area (Å²) in [5, 5.41) is 6.40. The molecule has 0 spiro atoms. The number of para-hydroxylation sites is 1. The van der Waals surface area contributed by atoms with Gasteiger partial charge in [-0.15, -0.1) is 11.8 Å². The van der Waals surface area contributed by atoms with Crippen molar-refractivity contribution in [3.63, 3.8) is 0 Å². The molecule has 1 aliphatic rings. The number of piperazine rings is 1. The summed E-state index contributed by atoms with van der Waals surface area (Å²) in [5.74, 6) is 0.903. The lowest BCUT2D eigenvalue weighted by Gasteiger charge is -2.27. The molecule has 1 heterocycles. The molecular weight excluding hydrogens is 366 g/mol. The minimum atomic E-state index is -0.0102. The third kappa shape index (κ3) is 4.36. The highest BCUT2D eigenvalue weighted by Crippen LogP contribution is 2.34. The van der Waals surface area contributed by atoms with Gasteiger partial charge in [-0.25, -0.2) is 4.79 Å². The number of rotatable bonds is 4. The Labute approximate surface area is 173 Å². The van der Waals surface area contributed by atoms with Crippen LogP contribution in [0.2, 0.25) is 0 Å². The van der Waals surface area contributed by atoms with Gasteiger partial charge < -0.3 is 15.5 Å². The summed E-state index contributed by atoms with van der Waals surface area (Å²) in [4.78, 5) is 15.6. The molecule has 0 saturated carbocycles. The predicted molar refractivity (Wildman–Crippen MR) is 120 cm³/mol. The van der Waals surface area contributed by atoms with E-state index >= 15 is 0 Å². The van der Waals surface area contributed by atoms with Crippen molar-refractivity contribution in [1.29, 1.82) is 0 Å². The van der Waals surface area contributed by atoms with Crippen LogP contribution in [0.4, 0.5) is 10.5 Å².